The largest absolute Gasteiger partial charge is 0.364 e. The molecule has 1 fully saturated rings. The third-order valence-corrected chi connectivity index (χ3v) is 15.3. The number of benzene rings is 4. The summed E-state index contributed by atoms with van der Waals surface area (Å²) in [5.41, 5.74) is 8.80. The van der Waals surface area contributed by atoms with Crippen molar-refractivity contribution >= 4 is 11.6 Å². The molecule has 4 bridgehead atoms. The molecule has 5 aliphatic rings. The van der Waals surface area contributed by atoms with Crippen molar-refractivity contribution in [1.82, 2.24) is 0 Å². The Bertz CT molecular complexity index is 2070. The van der Waals surface area contributed by atoms with E-state index in [1.165, 1.54) is 127 Å². The number of rotatable bonds is 24. The minimum atomic E-state index is -0.754. The molecule has 1 aliphatic carbocycles. The van der Waals surface area contributed by atoms with Crippen molar-refractivity contribution in [2.45, 2.75) is 179 Å². The summed E-state index contributed by atoms with van der Waals surface area (Å²) in [7, 11) is 0. The van der Waals surface area contributed by atoms with Gasteiger partial charge in [-0.15, -0.1) is 0 Å². The van der Waals surface area contributed by atoms with E-state index >= 15 is 0 Å². The number of aryl methyl sites for hydroxylation is 2. The molecule has 4 aromatic rings. The normalized spacial score (nSPS) is 24.7. The van der Waals surface area contributed by atoms with Gasteiger partial charge in [0, 0.05) is 11.1 Å². The Balaban J connectivity index is 0.957. The van der Waals surface area contributed by atoms with Crippen LogP contribution in [-0.4, -0.2) is 11.6 Å². The zero-order chi connectivity index (χ0) is 42.5. The highest BCUT2D eigenvalue weighted by Crippen LogP contribution is 2.65. The summed E-state index contributed by atoms with van der Waals surface area (Å²) < 4.78 is 14.1. The minimum Gasteiger partial charge on any atom is -0.364 e. The maximum atomic E-state index is 14.9. The highest BCUT2D eigenvalue weighted by Gasteiger charge is 2.63. The first kappa shape index (κ1) is 43.1. The standard InChI is InChI=1S/C58H70O4/c1-3-5-7-9-11-13-15-17-19-23-29-41-37-45-46(38-42(41)30-24-20-18-16-14-12-10-8-6-4-2)54(60)52-51(53(45)59)55-47-39-49-50(40-48(47)56(52)61-55)58(44-33-27-22-28-34-44)36-35-57(49,62-58)43-31-25-21-26-32-43/h21-22,25-28,31-40,51-52,55-56H,3-20,23-24,29-30H2,1-2H3/t51-,52+,55+,56-,57?,58?. The first-order chi connectivity index (χ1) is 30.5. The van der Waals surface area contributed by atoms with E-state index in [0.717, 1.165) is 59.1 Å². The molecule has 62 heavy (non-hydrogen) atoms. The molecule has 2 unspecified atom stereocenters. The summed E-state index contributed by atoms with van der Waals surface area (Å²) in [6.45, 7) is 4.56. The smallest absolute Gasteiger partial charge is 0.170 e. The second kappa shape index (κ2) is 19.3. The summed E-state index contributed by atoms with van der Waals surface area (Å²) >= 11 is 0. The highest BCUT2D eigenvalue weighted by atomic mass is 16.5. The zero-order valence-electron chi connectivity index (χ0n) is 37.7. The lowest BCUT2D eigenvalue weighted by Gasteiger charge is -2.34. The van der Waals surface area contributed by atoms with Gasteiger partial charge >= 0.3 is 0 Å². The average molecular weight is 831 g/mol. The van der Waals surface area contributed by atoms with E-state index < -0.39 is 35.2 Å². The van der Waals surface area contributed by atoms with E-state index in [0.29, 0.717) is 11.1 Å². The number of Topliss-reactive ketones (excluding diaryl/α,β-unsaturated/α-hetero) is 2. The van der Waals surface area contributed by atoms with Crippen LogP contribution in [0.3, 0.4) is 0 Å². The summed E-state index contributed by atoms with van der Waals surface area (Å²) in [5.74, 6) is -0.827. The summed E-state index contributed by atoms with van der Waals surface area (Å²) in [5, 5.41) is 0. The molecule has 9 rings (SSSR count). The Morgan fingerprint density at radius 2 is 0.806 bits per heavy atom. The number of carbonyl (C=O) groups is 2. The summed E-state index contributed by atoms with van der Waals surface area (Å²) in [4.78, 5) is 29.8. The Kier molecular flexibility index (Phi) is 13.4. The molecule has 0 N–H and O–H groups in total. The van der Waals surface area contributed by atoms with Crippen LogP contribution in [0.2, 0.25) is 0 Å². The number of fused-ring (bicyclic) bond motifs is 14. The predicted octanol–water partition coefficient (Wildman–Crippen LogP) is 15.1. The van der Waals surface area contributed by atoms with Gasteiger partial charge in [0.2, 0.25) is 0 Å². The lowest BCUT2D eigenvalue weighted by atomic mass is 9.64. The van der Waals surface area contributed by atoms with Crippen LogP contribution in [-0.2, 0) is 33.5 Å². The lowest BCUT2D eigenvalue weighted by molar-refractivity contribution is -0.0239. The lowest BCUT2D eigenvalue weighted by Crippen LogP contribution is -2.40. The topological polar surface area (TPSA) is 52.6 Å². The molecule has 0 aromatic heterocycles. The van der Waals surface area contributed by atoms with Crippen LogP contribution < -0.4 is 0 Å². The first-order valence-corrected chi connectivity index (χ1v) is 25.1. The van der Waals surface area contributed by atoms with E-state index in [9.17, 15) is 9.59 Å². The van der Waals surface area contributed by atoms with E-state index in [1.54, 1.807) is 0 Å². The summed E-state index contributed by atoms with van der Waals surface area (Å²) in [6, 6.07) is 29.8. The van der Waals surface area contributed by atoms with Gasteiger partial charge in [0.15, 0.2) is 11.6 Å². The molecule has 4 nitrogen and oxygen atoms in total. The number of unbranched alkanes of at least 4 members (excludes halogenated alkanes) is 18. The van der Waals surface area contributed by atoms with Gasteiger partial charge in [-0.25, -0.2) is 0 Å². The molecule has 0 amide bonds. The monoisotopic (exact) mass is 831 g/mol. The molecule has 0 saturated carbocycles. The average Bonchev–Trinajstić information content (AvgIpc) is 4.08. The zero-order valence-corrected chi connectivity index (χ0v) is 37.7. The second-order valence-corrected chi connectivity index (χ2v) is 19.5. The van der Waals surface area contributed by atoms with Gasteiger partial charge in [0.05, 0.1) is 24.0 Å². The van der Waals surface area contributed by atoms with E-state index in [1.807, 2.05) is 12.1 Å². The fourth-order valence-electron chi connectivity index (χ4n) is 11.9. The third kappa shape index (κ3) is 8.02. The second-order valence-electron chi connectivity index (χ2n) is 19.5. The van der Waals surface area contributed by atoms with Crippen LogP contribution in [0.25, 0.3) is 0 Å². The Hall–Kier alpha value is -4.12. The molecular weight excluding hydrogens is 761 g/mol. The molecule has 326 valence electrons. The third-order valence-electron chi connectivity index (χ3n) is 15.3. The molecule has 4 aromatic carbocycles. The van der Waals surface area contributed by atoms with Crippen molar-refractivity contribution in [3.8, 4) is 0 Å². The van der Waals surface area contributed by atoms with Gasteiger partial charge in [0.1, 0.15) is 11.2 Å². The molecule has 0 radical (unpaired) electrons. The molecule has 0 spiro atoms. The van der Waals surface area contributed by atoms with Crippen molar-refractivity contribution in [1.29, 1.82) is 0 Å². The highest BCUT2D eigenvalue weighted by molar-refractivity contribution is 6.17. The Morgan fingerprint density at radius 3 is 1.18 bits per heavy atom. The number of ketones is 2. The molecular formula is C58H70O4. The number of carbonyl (C=O) groups excluding carboxylic acids is 2. The van der Waals surface area contributed by atoms with Crippen LogP contribution in [0.4, 0.5) is 0 Å². The molecule has 1 saturated heterocycles. The minimum absolute atomic E-state index is 0.0919. The Morgan fingerprint density at radius 1 is 0.452 bits per heavy atom. The quantitative estimate of drug-likeness (QED) is 0.0521. The van der Waals surface area contributed by atoms with Crippen LogP contribution in [0.1, 0.15) is 220 Å². The van der Waals surface area contributed by atoms with Gasteiger partial charge < -0.3 is 9.47 Å². The summed E-state index contributed by atoms with van der Waals surface area (Å²) in [6.07, 6.45) is 31.6. The van der Waals surface area contributed by atoms with Crippen molar-refractivity contribution < 1.29 is 19.1 Å². The van der Waals surface area contributed by atoms with Gasteiger partial charge in [-0.2, -0.15) is 0 Å². The van der Waals surface area contributed by atoms with Crippen LogP contribution in [0, 0.1) is 11.8 Å². The fourth-order valence-corrected chi connectivity index (χ4v) is 11.9. The SMILES string of the molecule is CCCCCCCCCCCCc1cc2c(cc1CCCCCCCCCCCC)C(=O)[C@H]1[C@@H](C2=O)[C@@H]2O[C@H]1c1cc3c(cc12)C1(c2ccccc2)C=CC3(c2ccccc2)O1. The predicted molar refractivity (Wildman–Crippen MR) is 251 cm³/mol. The first-order valence-electron chi connectivity index (χ1n) is 25.1. The molecule has 4 heteroatoms. The molecule has 4 heterocycles. The molecule has 6 atom stereocenters. The van der Waals surface area contributed by atoms with Gasteiger partial charge in [-0.1, -0.05) is 190 Å². The Labute approximate surface area is 372 Å². The van der Waals surface area contributed by atoms with Crippen molar-refractivity contribution in [2.24, 2.45) is 11.8 Å². The van der Waals surface area contributed by atoms with Crippen molar-refractivity contribution in [3.63, 3.8) is 0 Å². The van der Waals surface area contributed by atoms with Crippen LogP contribution in [0.5, 0.6) is 0 Å². The maximum absolute atomic E-state index is 14.9. The van der Waals surface area contributed by atoms with Crippen LogP contribution >= 0.6 is 0 Å². The number of ether oxygens (including phenoxy) is 2. The maximum Gasteiger partial charge on any atom is 0.170 e. The number of hydrogen-bond acceptors (Lipinski definition) is 4. The van der Waals surface area contributed by atoms with E-state index in [-0.39, 0.29) is 11.6 Å². The van der Waals surface area contributed by atoms with Crippen molar-refractivity contribution in [2.75, 3.05) is 0 Å². The van der Waals surface area contributed by atoms with Crippen LogP contribution in [0.15, 0.2) is 97.1 Å². The van der Waals surface area contributed by atoms with Gasteiger partial charge in [0.25, 0.3) is 0 Å². The van der Waals surface area contributed by atoms with E-state index in [2.05, 4.69) is 98.8 Å². The van der Waals surface area contributed by atoms with E-state index in [4.69, 9.17) is 9.47 Å². The van der Waals surface area contributed by atoms with Crippen molar-refractivity contribution in [3.05, 3.63) is 153 Å². The van der Waals surface area contributed by atoms with Gasteiger partial charge in [-0.3, -0.25) is 9.59 Å². The molecule has 4 aliphatic heterocycles. The fraction of sp³-hybridized carbons (Fsp3) is 0.517. The number of hydrogen-bond donors (Lipinski definition) is 0. The van der Waals surface area contributed by atoms with Gasteiger partial charge in [-0.05, 0) is 107 Å².